The van der Waals surface area contributed by atoms with E-state index in [2.05, 4.69) is 0 Å². The van der Waals surface area contributed by atoms with Crippen molar-refractivity contribution in [3.8, 4) is 11.5 Å². The Hall–Kier alpha value is -3.20. The number of methoxy groups -OCH3 is 1. The molecule has 0 fully saturated rings. The lowest BCUT2D eigenvalue weighted by Gasteiger charge is -2.28. The molecule has 1 aliphatic rings. The van der Waals surface area contributed by atoms with E-state index in [1.807, 2.05) is 91.8 Å². The van der Waals surface area contributed by atoms with E-state index < -0.39 is 17.3 Å². The van der Waals surface area contributed by atoms with Crippen LogP contribution in [-0.4, -0.2) is 57.2 Å². The average Bonchev–Trinajstić information content (AvgIpc) is 3.00. The third-order valence-corrected chi connectivity index (χ3v) is 7.37. The number of carbonyl (C=O) groups excluding carboxylic acids is 2. The van der Waals surface area contributed by atoms with Crippen LogP contribution in [0.25, 0.3) is 0 Å². The first-order valence-electron chi connectivity index (χ1n) is 12.1. The minimum Gasteiger partial charge on any atom is -0.497 e. The molecule has 38 heavy (non-hydrogen) atoms. The maximum absolute atomic E-state index is 13.9. The molecule has 0 aliphatic carbocycles. The van der Waals surface area contributed by atoms with Crippen LogP contribution in [0, 0.1) is 0 Å². The molecule has 3 aromatic carbocycles. The number of nitrogens with zero attached hydrogens (tertiary/aromatic N) is 2. The van der Waals surface area contributed by atoms with E-state index >= 15 is 0 Å². The van der Waals surface area contributed by atoms with Gasteiger partial charge in [0.2, 0.25) is 0 Å². The quantitative estimate of drug-likeness (QED) is 0.328. The van der Waals surface area contributed by atoms with E-state index in [1.165, 1.54) is 18.7 Å². The van der Waals surface area contributed by atoms with Crippen molar-refractivity contribution < 1.29 is 23.8 Å². The van der Waals surface area contributed by atoms with Crippen molar-refractivity contribution >= 4 is 41.7 Å². The highest BCUT2D eigenvalue weighted by Crippen LogP contribution is 2.48. The normalized spacial score (nSPS) is 16.8. The van der Waals surface area contributed by atoms with Gasteiger partial charge in [-0.2, -0.15) is 0 Å². The van der Waals surface area contributed by atoms with Gasteiger partial charge in [-0.15, -0.1) is 24.2 Å². The van der Waals surface area contributed by atoms with Crippen LogP contribution in [0.2, 0.25) is 0 Å². The van der Waals surface area contributed by atoms with Gasteiger partial charge in [0.05, 0.1) is 18.0 Å². The van der Waals surface area contributed by atoms with Crippen LogP contribution in [-0.2, 0) is 20.9 Å². The third kappa shape index (κ3) is 7.22. The summed E-state index contributed by atoms with van der Waals surface area (Å²) in [6.07, 6.45) is -0.987. The number of hydrogen-bond acceptors (Lipinski definition) is 7. The molecule has 0 radical (unpaired) electrons. The molecule has 0 N–H and O–H groups in total. The number of carbonyl (C=O) groups is 2. The summed E-state index contributed by atoms with van der Waals surface area (Å²) in [6.45, 7) is 2.88. The molecule has 1 aliphatic heterocycles. The summed E-state index contributed by atoms with van der Waals surface area (Å²) in [5.74, 6) is 0.668. The van der Waals surface area contributed by atoms with Gasteiger partial charge < -0.3 is 24.0 Å². The van der Waals surface area contributed by atoms with Crippen molar-refractivity contribution in [1.82, 2.24) is 4.90 Å². The van der Waals surface area contributed by atoms with Crippen LogP contribution in [0.5, 0.6) is 11.5 Å². The highest BCUT2D eigenvalue weighted by Gasteiger charge is 2.41. The van der Waals surface area contributed by atoms with Crippen molar-refractivity contribution in [1.29, 1.82) is 0 Å². The number of fused-ring (bicyclic) bond motifs is 1. The number of likely N-dealkylation sites (N-methyl/N-ethyl adjacent to an activating group) is 1. The van der Waals surface area contributed by atoms with Crippen LogP contribution in [0.3, 0.4) is 0 Å². The number of amides is 1. The fourth-order valence-electron chi connectivity index (χ4n) is 4.10. The van der Waals surface area contributed by atoms with Crippen molar-refractivity contribution in [3.05, 3.63) is 83.9 Å². The lowest BCUT2D eigenvalue weighted by atomic mass is 10.1. The molecule has 0 spiro atoms. The second-order valence-corrected chi connectivity index (χ2v) is 10.2. The highest BCUT2D eigenvalue weighted by molar-refractivity contribution is 7.99. The first-order valence-corrected chi connectivity index (χ1v) is 13.0. The zero-order chi connectivity index (χ0) is 26.4. The Bertz CT molecular complexity index is 1220. The second-order valence-electron chi connectivity index (χ2n) is 9.04. The molecule has 9 heteroatoms. The van der Waals surface area contributed by atoms with Gasteiger partial charge in [-0.25, -0.2) is 0 Å². The monoisotopic (exact) mass is 556 g/mol. The summed E-state index contributed by atoms with van der Waals surface area (Å²) in [5, 5.41) is -0.449. The van der Waals surface area contributed by atoms with E-state index in [0.29, 0.717) is 31.2 Å². The Morgan fingerprint density at radius 1 is 1.00 bits per heavy atom. The Morgan fingerprint density at radius 3 is 2.32 bits per heavy atom. The molecule has 7 nitrogen and oxygen atoms in total. The number of ether oxygens (including phenoxy) is 3. The van der Waals surface area contributed by atoms with Gasteiger partial charge in [0.25, 0.3) is 5.91 Å². The van der Waals surface area contributed by atoms with E-state index in [1.54, 1.807) is 12.0 Å². The maximum Gasteiger partial charge on any atom is 0.303 e. The van der Waals surface area contributed by atoms with Crippen molar-refractivity contribution in [2.45, 2.75) is 29.8 Å². The number of rotatable bonds is 9. The number of anilines is 1. The van der Waals surface area contributed by atoms with Crippen molar-refractivity contribution in [3.63, 3.8) is 0 Å². The summed E-state index contributed by atoms with van der Waals surface area (Å²) in [5.41, 5.74) is 2.71. The summed E-state index contributed by atoms with van der Waals surface area (Å²) in [7, 11) is 5.53. The lowest BCUT2D eigenvalue weighted by molar-refractivity contribution is -0.152. The second kappa shape index (κ2) is 13.6. The van der Waals surface area contributed by atoms with Gasteiger partial charge in [0.15, 0.2) is 6.10 Å². The number of esters is 1. The first-order chi connectivity index (χ1) is 17.9. The predicted octanol–water partition coefficient (Wildman–Crippen LogP) is 5.37. The van der Waals surface area contributed by atoms with Crippen LogP contribution in [0.4, 0.5) is 5.69 Å². The Morgan fingerprint density at radius 2 is 1.68 bits per heavy atom. The van der Waals surface area contributed by atoms with Crippen LogP contribution in [0.15, 0.2) is 77.7 Å². The number of thioether (sulfide) groups is 1. The van der Waals surface area contributed by atoms with E-state index in [-0.39, 0.29) is 18.3 Å². The van der Waals surface area contributed by atoms with Gasteiger partial charge in [-0.05, 0) is 55.6 Å². The fraction of sp³-hybridized carbons (Fsp3) is 0.310. The Kier molecular flexibility index (Phi) is 10.5. The molecular formula is C29H33ClN2O5S. The van der Waals surface area contributed by atoms with Gasteiger partial charge in [-0.3, -0.25) is 9.59 Å². The van der Waals surface area contributed by atoms with Gasteiger partial charge in [0.1, 0.15) is 18.1 Å². The lowest BCUT2D eigenvalue weighted by Crippen LogP contribution is -2.45. The average molecular weight is 557 g/mol. The van der Waals surface area contributed by atoms with E-state index in [9.17, 15) is 9.59 Å². The minimum absolute atomic E-state index is 0. The maximum atomic E-state index is 13.9. The molecule has 0 bridgehead atoms. The largest absolute Gasteiger partial charge is 0.497 e. The first kappa shape index (κ1) is 29.4. The summed E-state index contributed by atoms with van der Waals surface area (Å²) < 4.78 is 17.1. The number of hydrogen-bond donors (Lipinski definition) is 0. The van der Waals surface area contributed by atoms with Crippen LogP contribution in [0.1, 0.15) is 23.3 Å². The van der Waals surface area contributed by atoms with Gasteiger partial charge in [0, 0.05) is 24.9 Å². The molecule has 2 atom stereocenters. The molecule has 4 rings (SSSR count). The van der Waals surface area contributed by atoms with E-state index in [0.717, 1.165) is 21.7 Å². The summed E-state index contributed by atoms with van der Waals surface area (Å²) in [6, 6.07) is 23.2. The third-order valence-electron chi connectivity index (χ3n) is 6.02. The van der Waals surface area contributed by atoms with Gasteiger partial charge >= 0.3 is 5.97 Å². The SMILES string of the molecule is COc1ccc(C2Sc3cc(OCc4ccccc4)ccc3N(CCN(C)C)C(=O)C2OC(C)=O)cc1.Cl. The highest BCUT2D eigenvalue weighted by atomic mass is 35.5. The zero-order valence-corrected chi connectivity index (χ0v) is 23.6. The van der Waals surface area contributed by atoms with Crippen molar-refractivity contribution in [2.24, 2.45) is 0 Å². The molecule has 0 saturated carbocycles. The van der Waals surface area contributed by atoms with E-state index in [4.69, 9.17) is 14.2 Å². The zero-order valence-electron chi connectivity index (χ0n) is 22.0. The Labute approximate surface area is 234 Å². The minimum atomic E-state index is -0.987. The molecule has 202 valence electrons. The summed E-state index contributed by atoms with van der Waals surface area (Å²) in [4.78, 5) is 30.7. The topological polar surface area (TPSA) is 68.3 Å². The molecule has 0 aromatic heterocycles. The molecule has 0 saturated heterocycles. The molecule has 3 aromatic rings. The number of halogens is 1. The van der Waals surface area contributed by atoms with Crippen LogP contribution < -0.4 is 14.4 Å². The molecule has 1 amide bonds. The number of benzene rings is 3. The molecule has 1 heterocycles. The molecular weight excluding hydrogens is 524 g/mol. The van der Waals surface area contributed by atoms with Crippen molar-refractivity contribution in [2.75, 3.05) is 39.2 Å². The fourth-order valence-corrected chi connectivity index (χ4v) is 5.45. The standard InChI is InChI=1S/C29H32N2O5S.ClH/c1-20(32)36-27-28(22-10-12-23(34-4)13-11-22)37-26-18-24(35-19-21-8-6-5-7-9-21)14-15-25(26)31(29(27)33)17-16-30(2)3;/h5-15,18,27-28H,16-17,19H2,1-4H3;1H. The smallest absolute Gasteiger partial charge is 0.303 e. The predicted molar refractivity (Wildman–Crippen MR) is 153 cm³/mol. The Balaban J connectivity index is 0.00000400. The van der Waals surface area contributed by atoms with Gasteiger partial charge in [-0.1, -0.05) is 42.5 Å². The summed E-state index contributed by atoms with van der Waals surface area (Å²) >= 11 is 1.50. The van der Waals surface area contributed by atoms with Crippen LogP contribution >= 0.6 is 24.2 Å². The molecule has 2 unspecified atom stereocenters.